The fraction of sp³-hybridized carbons (Fsp3) is 0.222. The molecule has 7 nitrogen and oxygen atoms in total. The number of nitrogens with zero attached hydrogens (tertiary/aromatic N) is 1. The molecule has 0 heterocycles. The number of hydrogen-bond acceptors (Lipinski definition) is 5. The molecule has 0 fully saturated rings. The summed E-state index contributed by atoms with van der Waals surface area (Å²) in [6.07, 6.45) is 1.42. The van der Waals surface area contributed by atoms with Crippen molar-refractivity contribution in [3.63, 3.8) is 0 Å². The maximum absolute atomic E-state index is 12.8. The van der Waals surface area contributed by atoms with E-state index in [9.17, 15) is 9.59 Å². The zero-order chi connectivity index (χ0) is 26.1. The second-order valence-electron chi connectivity index (χ2n) is 8.24. The number of halogens is 2. The minimum atomic E-state index is -0.959. The molecule has 0 saturated carbocycles. The minimum absolute atomic E-state index is 0.245. The molecule has 0 radical (unpaired) electrons. The Hall–Kier alpha value is -3.55. The molecule has 2 amide bonds. The molecule has 188 valence electrons. The van der Waals surface area contributed by atoms with E-state index in [0.717, 1.165) is 5.56 Å². The molecule has 0 aromatic heterocycles. The lowest BCUT2D eigenvalue weighted by Crippen LogP contribution is -2.39. The molecule has 36 heavy (non-hydrogen) atoms. The zero-order valence-electron chi connectivity index (χ0n) is 20.1. The molecule has 0 aliphatic heterocycles. The molecular weight excluding hydrogens is 501 g/mol. The first kappa shape index (κ1) is 27.0. The molecule has 1 unspecified atom stereocenters. The SMILES string of the molecule is COc1ccc(NC(=O)C(C(=O)NN=Cc2cc(Cl)ccc2OCc2ccccc2Cl)C(C)C)cc1. The summed E-state index contributed by atoms with van der Waals surface area (Å²) in [4.78, 5) is 25.7. The average molecular weight is 528 g/mol. The van der Waals surface area contributed by atoms with Crippen molar-refractivity contribution < 1.29 is 19.1 Å². The zero-order valence-corrected chi connectivity index (χ0v) is 21.6. The summed E-state index contributed by atoms with van der Waals surface area (Å²) in [6.45, 7) is 3.83. The van der Waals surface area contributed by atoms with Gasteiger partial charge in [0.25, 0.3) is 5.91 Å². The number of hydrazone groups is 1. The number of ether oxygens (including phenoxy) is 2. The third-order valence-electron chi connectivity index (χ3n) is 5.28. The van der Waals surface area contributed by atoms with Crippen LogP contribution in [-0.4, -0.2) is 25.1 Å². The molecular formula is C27H27Cl2N3O4. The molecule has 3 aromatic rings. The van der Waals surface area contributed by atoms with Gasteiger partial charge in [-0.3, -0.25) is 9.59 Å². The number of hydrogen-bond donors (Lipinski definition) is 2. The van der Waals surface area contributed by atoms with Crippen LogP contribution in [0.5, 0.6) is 11.5 Å². The third-order valence-corrected chi connectivity index (χ3v) is 5.88. The van der Waals surface area contributed by atoms with Crippen LogP contribution in [-0.2, 0) is 16.2 Å². The van der Waals surface area contributed by atoms with Gasteiger partial charge >= 0.3 is 0 Å². The molecule has 0 bridgehead atoms. The lowest BCUT2D eigenvalue weighted by Gasteiger charge is -2.18. The summed E-state index contributed by atoms with van der Waals surface area (Å²) in [5, 5.41) is 7.88. The van der Waals surface area contributed by atoms with E-state index in [4.69, 9.17) is 32.7 Å². The second-order valence-corrected chi connectivity index (χ2v) is 9.08. The van der Waals surface area contributed by atoms with Gasteiger partial charge in [0.05, 0.1) is 13.3 Å². The lowest BCUT2D eigenvalue weighted by atomic mass is 9.94. The Morgan fingerprint density at radius 1 is 1.00 bits per heavy atom. The molecule has 0 aliphatic rings. The van der Waals surface area contributed by atoms with Gasteiger partial charge in [-0.2, -0.15) is 5.10 Å². The van der Waals surface area contributed by atoms with Crippen LogP contribution in [0.4, 0.5) is 5.69 Å². The minimum Gasteiger partial charge on any atom is -0.497 e. The van der Waals surface area contributed by atoms with Gasteiger partial charge in [0.15, 0.2) is 0 Å². The van der Waals surface area contributed by atoms with E-state index in [1.165, 1.54) is 6.21 Å². The van der Waals surface area contributed by atoms with Gasteiger partial charge in [-0.05, 0) is 54.4 Å². The Morgan fingerprint density at radius 2 is 1.72 bits per heavy atom. The molecule has 0 spiro atoms. The smallest absolute Gasteiger partial charge is 0.252 e. The van der Waals surface area contributed by atoms with Crippen molar-refractivity contribution in [2.24, 2.45) is 16.9 Å². The van der Waals surface area contributed by atoms with E-state index in [2.05, 4.69) is 15.8 Å². The van der Waals surface area contributed by atoms with E-state index in [-0.39, 0.29) is 12.5 Å². The van der Waals surface area contributed by atoms with Gasteiger partial charge < -0.3 is 14.8 Å². The highest BCUT2D eigenvalue weighted by atomic mass is 35.5. The summed E-state index contributed by atoms with van der Waals surface area (Å²) in [5.41, 5.74) is 4.40. The summed E-state index contributed by atoms with van der Waals surface area (Å²) >= 11 is 12.3. The summed E-state index contributed by atoms with van der Waals surface area (Å²) in [6, 6.07) is 19.3. The molecule has 3 aromatic carbocycles. The van der Waals surface area contributed by atoms with Crippen LogP contribution < -0.4 is 20.2 Å². The number of amides is 2. The van der Waals surface area contributed by atoms with Crippen molar-refractivity contribution in [1.29, 1.82) is 0 Å². The Kier molecular flexibility index (Phi) is 9.73. The predicted molar refractivity (Wildman–Crippen MR) is 143 cm³/mol. The van der Waals surface area contributed by atoms with Crippen molar-refractivity contribution in [3.8, 4) is 11.5 Å². The van der Waals surface area contributed by atoms with E-state index in [1.54, 1.807) is 69.5 Å². The van der Waals surface area contributed by atoms with Crippen molar-refractivity contribution >= 4 is 46.9 Å². The number of benzene rings is 3. The summed E-state index contributed by atoms with van der Waals surface area (Å²) in [5.74, 6) is -1.02. The molecule has 3 rings (SSSR count). The van der Waals surface area contributed by atoms with E-state index in [0.29, 0.717) is 32.8 Å². The van der Waals surface area contributed by atoms with Crippen LogP contribution in [0.3, 0.4) is 0 Å². The largest absolute Gasteiger partial charge is 0.497 e. The van der Waals surface area contributed by atoms with E-state index < -0.39 is 17.7 Å². The highest BCUT2D eigenvalue weighted by Gasteiger charge is 2.30. The van der Waals surface area contributed by atoms with Gasteiger partial charge in [0.1, 0.15) is 24.0 Å². The molecule has 0 aliphatic carbocycles. The maximum Gasteiger partial charge on any atom is 0.252 e. The summed E-state index contributed by atoms with van der Waals surface area (Å²) in [7, 11) is 1.56. The first-order chi connectivity index (χ1) is 17.3. The monoisotopic (exact) mass is 527 g/mol. The highest BCUT2D eigenvalue weighted by molar-refractivity contribution is 6.31. The van der Waals surface area contributed by atoms with Gasteiger partial charge in [-0.15, -0.1) is 0 Å². The predicted octanol–water partition coefficient (Wildman–Crippen LogP) is 5.94. The first-order valence-electron chi connectivity index (χ1n) is 11.2. The maximum atomic E-state index is 12.8. The highest BCUT2D eigenvalue weighted by Crippen LogP contribution is 2.24. The van der Waals surface area contributed by atoms with Crippen LogP contribution in [0.1, 0.15) is 25.0 Å². The van der Waals surface area contributed by atoms with Gasteiger partial charge in [0, 0.05) is 26.9 Å². The van der Waals surface area contributed by atoms with Crippen LogP contribution in [0.2, 0.25) is 10.0 Å². The van der Waals surface area contributed by atoms with Crippen molar-refractivity contribution in [2.75, 3.05) is 12.4 Å². The number of anilines is 1. The van der Waals surface area contributed by atoms with Crippen LogP contribution >= 0.6 is 23.2 Å². The van der Waals surface area contributed by atoms with Crippen LogP contribution in [0, 0.1) is 11.8 Å². The number of rotatable bonds is 10. The Bertz CT molecular complexity index is 1230. The lowest BCUT2D eigenvalue weighted by molar-refractivity contribution is -0.134. The Labute approximate surface area is 220 Å². The first-order valence-corrected chi connectivity index (χ1v) is 12.0. The van der Waals surface area contributed by atoms with Crippen molar-refractivity contribution in [1.82, 2.24) is 5.43 Å². The second kappa shape index (κ2) is 13.0. The van der Waals surface area contributed by atoms with E-state index in [1.807, 2.05) is 18.2 Å². The molecule has 2 N–H and O–H groups in total. The number of carbonyl (C=O) groups is 2. The number of nitrogens with one attached hydrogen (secondary N) is 2. The number of methoxy groups -OCH3 is 1. The third kappa shape index (κ3) is 7.47. The number of carbonyl (C=O) groups excluding carboxylic acids is 2. The fourth-order valence-corrected chi connectivity index (χ4v) is 3.75. The summed E-state index contributed by atoms with van der Waals surface area (Å²) < 4.78 is 11.0. The average Bonchev–Trinajstić information content (AvgIpc) is 2.84. The molecule has 9 heteroatoms. The normalized spacial score (nSPS) is 11.8. The Morgan fingerprint density at radius 3 is 2.39 bits per heavy atom. The Balaban J connectivity index is 1.67. The fourth-order valence-electron chi connectivity index (χ4n) is 3.38. The van der Waals surface area contributed by atoms with Gasteiger partial charge in [-0.1, -0.05) is 55.2 Å². The van der Waals surface area contributed by atoms with Crippen molar-refractivity contribution in [3.05, 3.63) is 87.9 Å². The standard InChI is InChI=1S/C27H27Cl2N3O4/c1-17(2)25(26(33)31-21-9-11-22(35-3)12-10-21)27(34)32-30-15-19-14-20(28)8-13-24(19)36-16-18-6-4-5-7-23(18)29/h4-15,17,25H,16H2,1-3H3,(H,31,33)(H,32,34). The van der Waals surface area contributed by atoms with Crippen LogP contribution in [0.25, 0.3) is 0 Å². The topological polar surface area (TPSA) is 89.0 Å². The van der Waals surface area contributed by atoms with Crippen molar-refractivity contribution in [2.45, 2.75) is 20.5 Å². The molecule has 1 atom stereocenters. The van der Waals surface area contributed by atoms with Crippen LogP contribution in [0.15, 0.2) is 71.8 Å². The van der Waals surface area contributed by atoms with E-state index >= 15 is 0 Å². The van der Waals surface area contributed by atoms with Gasteiger partial charge in [0.2, 0.25) is 5.91 Å². The van der Waals surface area contributed by atoms with Gasteiger partial charge in [-0.25, -0.2) is 5.43 Å². The molecule has 0 saturated heterocycles. The quantitative estimate of drug-likeness (QED) is 0.194.